The molecule has 1 aromatic carbocycles. The highest BCUT2D eigenvalue weighted by molar-refractivity contribution is 6.35. The Kier molecular flexibility index (Phi) is 4.23. The second kappa shape index (κ2) is 6.65. The fraction of sp³-hybridized carbons (Fsp3) is 0.133. The predicted molar refractivity (Wildman–Crippen MR) is 78.9 cm³/mol. The minimum Gasteiger partial charge on any atom is -0.463 e. The molecule has 2 amide bonds. The van der Waals surface area contributed by atoms with Gasteiger partial charge in [0, 0.05) is 6.54 Å². The lowest BCUT2D eigenvalue weighted by Gasteiger charge is -2.05. The van der Waals surface area contributed by atoms with Crippen molar-refractivity contribution in [2.75, 3.05) is 6.79 Å². The van der Waals surface area contributed by atoms with E-state index in [4.69, 9.17) is 13.9 Å². The SMILES string of the molecule is O=C(NCc1ccc2c(c1)OCO2)C(=O)N/N=C\c1ccco1. The topological polar surface area (TPSA) is 102 Å². The van der Waals surface area contributed by atoms with E-state index >= 15 is 0 Å². The van der Waals surface area contributed by atoms with Crippen LogP contribution in [-0.2, 0) is 16.1 Å². The summed E-state index contributed by atoms with van der Waals surface area (Å²) in [6.07, 6.45) is 2.77. The molecule has 2 aromatic rings. The summed E-state index contributed by atoms with van der Waals surface area (Å²) in [6, 6.07) is 8.62. The number of nitrogens with zero attached hydrogens (tertiary/aromatic N) is 1. The summed E-state index contributed by atoms with van der Waals surface area (Å²) in [7, 11) is 0. The van der Waals surface area contributed by atoms with Crippen LogP contribution < -0.4 is 20.2 Å². The number of rotatable bonds is 4. The molecule has 2 N–H and O–H groups in total. The number of hydrazone groups is 1. The summed E-state index contributed by atoms with van der Waals surface area (Å²) < 4.78 is 15.4. The van der Waals surface area contributed by atoms with Gasteiger partial charge in [0.05, 0.1) is 12.5 Å². The highest BCUT2D eigenvalue weighted by Crippen LogP contribution is 2.32. The number of fused-ring (bicyclic) bond motifs is 1. The van der Waals surface area contributed by atoms with Crippen LogP contribution in [0.25, 0.3) is 0 Å². The second-order valence-corrected chi connectivity index (χ2v) is 4.58. The molecule has 0 fully saturated rings. The van der Waals surface area contributed by atoms with Gasteiger partial charge in [-0.3, -0.25) is 9.59 Å². The average Bonchev–Trinajstić information content (AvgIpc) is 3.23. The van der Waals surface area contributed by atoms with E-state index < -0.39 is 11.8 Å². The van der Waals surface area contributed by atoms with Crippen LogP contribution in [0.1, 0.15) is 11.3 Å². The lowest BCUT2D eigenvalue weighted by Crippen LogP contribution is -2.37. The third-order valence-corrected chi connectivity index (χ3v) is 3.00. The molecule has 8 heteroatoms. The Hall–Kier alpha value is -3.29. The maximum Gasteiger partial charge on any atom is 0.329 e. The van der Waals surface area contributed by atoms with E-state index in [1.807, 2.05) is 0 Å². The fourth-order valence-electron chi connectivity index (χ4n) is 1.88. The number of nitrogens with one attached hydrogen (secondary N) is 2. The van der Waals surface area contributed by atoms with E-state index in [2.05, 4.69) is 15.8 Å². The number of ether oxygens (including phenoxy) is 2. The zero-order valence-electron chi connectivity index (χ0n) is 11.9. The second-order valence-electron chi connectivity index (χ2n) is 4.58. The van der Waals surface area contributed by atoms with E-state index in [-0.39, 0.29) is 13.3 Å². The first-order valence-electron chi connectivity index (χ1n) is 6.75. The van der Waals surface area contributed by atoms with Gasteiger partial charge in [0.2, 0.25) is 6.79 Å². The number of hydrogen-bond donors (Lipinski definition) is 2. The number of furan rings is 1. The van der Waals surface area contributed by atoms with Gasteiger partial charge < -0.3 is 19.2 Å². The Morgan fingerprint density at radius 1 is 1.17 bits per heavy atom. The van der Waals surface area contributed by atoms with Gasteiger partial charge in [0.1, 0.15) is 5.76 Å². The van der Waals surface area contributed by atoms with E-state index in [9.17, 15) is 9.59 Å². The highest BCUT2D eigenvalue weighted by Gasteiger charge is 2.15. The zero-order valence-corrected chi connectivity index (χ0v) is 11.9. The van der Waals surface area contributed by atoms with Crippen molar-refractivity contribution < 1.29 is 23.5 Å². The van der Waals surface area contributed by atoms with E-state index in [0.717, 1.165) is 5.56 Å². The molecule has 23 heavy (non-hydrogen) atoms. The molecular formula is C15H13N3O5. The average molecular weight is 315 g/mol. The van der Waals surface area contributed by atoms with Gasteiger partial charge in [-0.1, -0.05) is 6.07 Å². The zero-order chi connectivity index (χ0) is 16.1. The van der Waals surface area contributed by atoms with Gasteiger partial charge in [0.15, 0.2) is 11.5 Å². The monoisotopic (exact) mass is 315 g/mol. The Balaban J connectivity index is 1.48. The molecule has 0 spiro atoms. The van der Waals surface area contributed by atoms with Crippen molar-refractivity contribution in [3.63, 3.8) is 0 Å². The lowest BCUT2D eigenvalue weighted by molar-refractivity contribution is -0.139. The smallest absolute Gasteiger partial charge is 0.329 e. The van der Waals surface area contributed by atoms with Crippen LogP contribution >= 0.6 is 0 Å². The van der Waals surface area contributed by atoms with Crippen molar-refractivity contribution in [2.24, 2.45) is 5.10 Å². The van der Waals surface area contributed by atoms with Gasteiger partial charge in [-0.25, -0.2) is 5.43 Å². The molecule has 1 aromatic heterocycles. The highest BCUT2D eigenvalue weighted by atomic mass is 16.7. The predicted octanol–water partition coefficient (Wildman–Crippen LogP) is 0.775. The summed E-state index contributed by atoms with van der Waals surface area (Å²) in [5.74, 6) is 0.0770. The van der Waals surface area contributed by atoms with Crippen LogP contribution in [0, 0.1) is 0 Å². The molecule has 0 radical (unpaired) electrons. The van der Waals surface area contributed by atoms with Gasteiger partial charge in [0.25, 0.3) is 0 Å². The lowest BCUT2D eigenvalue weighted by atomic mass is 10.2. The Morgan fingerprint density at radius 3 is 2.87 bits per heavy atom. The number of carbonyl (C=O) groups is 2. The molecule has 8 nitrogen and oxygen atoms in total. The van der Waals surface area contributed by atoms with Crippen molar-refractivity contribution in [3.05, 3.63) is 47.9 Å². The van der Waals surface area contributed by atoms with Crippen molar-refractivity contribution in [1.29, 1.82) is 0 Å². The molecule has 0 bridgehead atoms. The molecule has 0 saturated carbocycles. The number of carbonyl (C=O) groups excluding carboxylic acids is 2. The minimum atomic E-state index is -0.867. The molecular weight excluding hydrogens is 302 g/mol. The summed E-state index contributed by atoms with van der Waals surface area (Å²) in [5, 5.41) is 6.11. The molecule has 1 aliphatic heterocycles. The van der Waals surface area contributed by atoms with Crippen LogP contribution in [-0.4, -0.2) is 24.8 Å². The summed E-state index contributed by atoms with van der Waals surface area (Å²) in [6.45, 7) is 0.367. The normalized spacial score (nSPS) is 12.3. The maximum atomic E-state index is 11.7. The molecule has 118 valence electrons. The van der Waals surface area contributed by atoms with Crippen molar-refractivity contribution in [2.45, 2.75) is 6.54 Å². The number of benzene rings is 1. The third kappa shape index (κ3) is 3.67. The summed E-state index contributed by atoms with van der Waals surface area (Å²) in [5.41, 5.74) is 2.90. The molecule has 1 aliphatic rings. The Labute approximate surface area is 131 Å². The van der Waals surface area contributed by atoms with Gasteiger partial charge in [-0.15, -0.1) is 0 Å². The minimum absolute atomic E-state index is 0.182. The third-order valence-electron chi connectivity index (χ3n) is 3.00. The van der Waals surface area contributed by atoms with Crippen LogP contribution in [0.15, 0.2) is 46.1 Å². The largest absolute Gasteiger partial charge is 0.463 e. The van der Waals surface area contributed by atoms with Gasteiger partial charge in [-0.05, 0) is 29.8 Å². The van der Waals surface area contributed by atoms with Crippen molar-refractivity contribution in [1.82, 2.24) is 10.7 Å². The first kappa shape index (κ1) is 14.6. The van der Waals surface area contributed by atoms with Crippen LogP contribution in [0.5, 0.6) is 11.5 Å². The first-order chi connectivity index (χ1) is 11.2. The van der Waals surface area contributed by atoms with Crippen molar-refractivity contribution >= 4 is 18.0 Å². The summed E-state index contributed by atoms with van der Waals surface area (Å²) in [4.78, 5) is 23.2. The quantitative estimate of drug-likeness (QED) is 0.493. The van der Waals surface area contributed by atoms with Crippen LogP contribution in [0.2, 0.25) is 0 Å². The van der Waals surface area contributed by atoms with E-state index in [1.54, 1.807) is 30.3 Å². The Morgan fingerprint density at radius 2 is 2.04 bits per heavy atom. The molecule has 3 rings (SSSR count). The van der Waals surface area contributed by atoms with Gasteiger partial charge >= 0.3 is 11.8 Å². The van der Waals surface area contributed by atoms with Crippen molar-refractivity contribution in [3.8, 4) is 11.5 Å². The Bertz CT molecular complexity index is 740. The molecule has 0 atom stereocenters. The van der Waals surface area contributed by atoms with Crippen LogP contribution in [0.3, 0.4) is 0 Å². The maximum absolute atomic E-state index is 11.7. The van der Waals surface area contributed by atoms with E-state index in [0.29, 0.717) is 17.3 Å². The summed E-state index contributed by atoms with van der Waals surface area (Å²) >= 11 is 0. The van der Waals surface area contributed by atoms with E-state index in [1.165, 1.54) is 12.5 Å². The first-order valence-corrected chi connectivity index (χ1v) is 6.75. The van der Waals surface area contributed by atoms with Crippen LogP contribution in [0.4, 0.5) is 0 Å². The molecule has 2 heterocycles. The van der Waals surface area contributed by atoms with Gasteiger partial charge in [-0.2, -0.15) is 5.10 Å². The molecule has 0 saturated heterocycles. The number of hydrogen-bond acceptors (Lipinski definition) is 6. The standard InChI is InChI=1S/C15H13N3O5/c19-14(15(20)18-17-8-11-2-1-5-21-11)16-7-10-3-4-12-13(6-10)23-9-22-12/h1-6,8H,7,9H2,(H,16,19)(H,18,20)/b17-8-. The molecule has 0 unspecified atom stereocenters. The molecule has 0 aliphatic carbocycles. The number of amides is 2. The fourth-order valence-corrected chi connectivity index (χ4v) is 1.88.